The number of nitrogens with zero attached hydrogens (tertiary/aromatic N) is 1. The monoisotopic (exact) mass is 618 g/mol. The van der Waals surface area contributed by atoms with E-state index in [0.29, 0.717) is 29.5 Å². The number of nitrogens with one attached hydrogen (secondary N) is 1. The molecule has 2 amide bonds. The Labute approximate surface area is 250 Å². The predicted molar refractivity (Wildman–Crippen MR) is 160 cm³/mol. The molecular weight excluding hydrogens is 580 g/mol. The number of carboxylic acid groups (broad SMARTS) is 1. The number of hydrogen-bond acceptors (Lipinski definition) is 8. The van der Waals surface area contributed by atoms with E-state index in [1.165, 1.54) is 17.2 Å². The van der Waals surface area contributed by atoms with Crippen LogP contribution in [0.3, 0.4) is 0 Å². The lowest BCUT2D eigenvalue weighted by molar-refractivity contribution is -0.144. The lowest BCUT2D eigenvalue weighted by Gasteiger charge is -2.31. The van der Waals surface area contributed by atoms with E-state index in [9.17, 15) is 27.9 Å². The van der Waals surface area contributed by atoms with Gasteiger partial charge in [0.2, 0.25) is 0 Å². The van der Waals surface area contributed by atoms with Crippen LogP contribution < -0.4 is 4.72 Å². The second kappa shape index (κ2) is 14.5. The van der Waals surface area contributed by atoms with Crippen LogP contribution in [0.15, 0.2) is 57.4 Å². The molecule has 1 atom stereocenters. The number of benzene rings is 1. The van der Waals surface area contributed by atoms with Gasteiger partial charge in [-0.25, -0.2) is 22.7 Å². The summed E-state index contributed by atoms with van der Waals surface area (Å²) in [5, 5.41) is 9.91. The fourth-order valence-corrected chi connectivity index (χ4v) is 7.27. The first-order chi connectivity index (χ1) is 19.8. The molecule has 2 heterocycles. The zero-order valence-corrected chi connectivity index (χ0v) is 26.1. The van der Waals surface area contributed by atoms with E-state index < -0.39 is 34.0 Å². The molecule has 2 aromatic heterocycles. The summed E-state index contributed by atoms with van der Waals surface area (Å²) in [5.74, 6) is -1.74. The SMILES string of the molecule is CCCCOC(=O)NS(=O)(=O)c1sc(CC(C)C)cc1-c1ccc(CN(C(=O)c2ccco2)C(C(=O)O)C(C)C)cc1. The molecule has 228 valence electrons. The number of furan rings is 1. The quantitative estimate of drug-likeness (QED) is 0.204. The van der Waals surface area contributed by atoms with E-state index in [1.54, 1.807) is 44.2 Å². The highest BCUT2D eigenvalue weighted by Gasteiger charge is 2.34. The maximum atomic E-state index is 13.3. The number of hydrogen-bond donors (Lipinski definition) is 2. The lowest BCUT2D eigenvalue weighted by atomic mass is 10.0. The van der Waals surface area contributed by atoms with Crippen LogP contribution in [0.5, 0.6) is 0 Å². The Morgan fingerprint density at radius 3 is 2.33 bits per heavy atom. The van der Waals surface area contributed by atoms with Gasteiger partial charge in [0.15, 0.2) is 5.76 Å². The molecule has 0 aliphatic rings. The molecule has 0 radical (unpaired) electrons. The summed E-state index contributed by atoms with van der Waals surface area (Å²) in [6.45, 7) is 9.56. The summed E-state index contributed by atoms with van der Waals surface area (Å²) < 4.78 is 38.8. The third kappa shape index (κ3) is 8.45. The van der Waals surface area contributed by atoms with Crippen molar-refractivity contribution in [1.82, 2.24) is 9.62 Å². The molecule has 10 nitrogen and oxygen atoms in total. The van der Waals surface area contributed by atoms with Gasteiger partial charge in [0.1, 0.15) is 10.3 Å². The summed E-state index contributed by atoms with van der Waals surface area (Å²) in [7, 11) is -4.22. The van der Waals surface area contributed by atoms with Crippen molar-refractivity contribution >= 4 is 39.3 Å². The van der Waals surface area contributed by atoms with Crippen LogP contribution in [0.1, 0.15) is 68.5 Å². The highest BCUT2D eigenvalue weighted by molar-refractivity contribution is 7.92. The third-order valence-corrected chi connectivity index (χ3v) is 9.39. The number of aliphatic carboxylic acids is 1. The molecule has 0 saturated heterocycles. The number of amides is 2. The molecule has 42 heavy (non-hydrogen) atoms. The van der Waals surface area contributed by atoms with Gasteiger partial charge < -0.3 is 19.2 Å². The Balaban J connectivity index is 1.94. The first kappa shape index (κ1) is 32.9. The van der Waals surface area contributed by atoms with Gasteiger partial charge in [-0.15, -0.1) is 11.3 Å². The van der Waals surface area contributed by atoms with Gasteiger partial charge in [-0.05, 0) is 54.0 Å². The molecule has 0 fully saturated rings. The highest BCUT2D eigenvalue weighted by Crippen LogP contribution is 2.36. The zero-order valence-electron chi connectivity index (χ0n) is 24.5. The fraction of sp³-hybridized carbons (Fsp3) is 0.433. The number of carbonyl (C=O) groups excluding carboxylic acids is 2. The van der Waals surface area contributed by atoms with Crippen molar-refractivity contribution in [2.24, 2.45) is 11.8 Å². The Morgan fingerprint density at radius 1 is 1.10 bits per heavy atom. The van der Waals surface area contributed by atoms with Crippen LogP contribution in [-0.4, -0.2) is 49.0 Å². The average Bonchev–Trinajstić information content (AvgIpc) is 3.58. The van der Waals surface area contributed by atoms with Gasteiger partial charge >= 0.3 is 12.1 Å². The fourth-order valence-electron chi connectivity index (χ4n) is 4.42. The van der Waals surface area contributed by atoms with Crippen LogP contribution in [0.4, 0.5) is 4.79 Å². The van der Waals surface area contributed by atoms with Crippen molar-refractivity contribution in [3.05, 3.63) is 64.9 Å². The predicted octanol–water partition coefficient (Wildman–Crippen LogP) is 6.17. The minimum atomic E-state index is -4.22. The first-order valence-electron chi connectivity index (χ1n) is 13.8. The molecule has 0 bridgehead atoms. The second-order valence-corrected chi connectivity index (χ2v) is 13.8. The van der Waals surface area contributed by atoms with Gasteiger partial charge in [0.05, 0.1) is 12.9 Å². The molecule has 0 saturated carbocycles. The van der Waals surface area contributed by atoms with Crippen molar-refractivity contribution < 1.29 is 37.1 Å². The lowest BCUT2D eigenvalue weighted by Crippen LogP contribution is -2.47. The van der Waals surface area contributed by atoms with E-state index >= 15 is 0 Å². The molecule has 0 spiro atoms. The summed E-state index contributed by atoms with van der Waals surface area (Å²) in [4.78, 5) is 39.6. The van der Waals surface area contributed by atoms with Gasteiger partial charge in [-0.1, -0.05) is 65.3 Å². The molecular formula is C30H38N2O8S2. The van der Waals surface area contributed by atoms with E-state index in [0.717, 1.165) is 22.6 Å². The maximum absolute atomic E-state index is 13.3. The Kier molecular flexibility index (Phi) is 11.3. The van der Waals surface area contributed by atoms with Gasteiger partial charge in [-0.2, -0.15) is 0 Å². The molecule has 0 aliphatic carbocycles. The molecule has 12 heteroatoms. The Morgan fingerprint density at radius 2 is 1.79 bits per heavy atom. The van der Waals surface area contributed by atoms with E-state index in [4.69, 9.17) is 9.15 Å². The zero-order chi connectivity index (χ0) is 31.0. The Hall–Kier alpha value is -3.64. The number of carbonyl (C=O) groups is 3. The largest absolute Gasteiger partial charge is 0.480 e. The minimum Gasteiger partial charge on any atom is -0.480 e. The minimum absolute atomic E-state index is 0.00119. The molecule has 0 aliphatic heterocycles. The van der Waals surface area contributed by atoms with Crippen LogP contribution in [0.2, 0.25) is 0 Å². The van der Waals surface area contributed by atoms with E-state index in [2.05, 4.69) is 0 Å². The number of sulfonamides is 1. The molecule has 1 aromatic carbocycles. The number of thiophene rings is 1. The van der Waals surface area contributed by atoms with E-state index in [1.807, 2.05) is 31.6 Å². The number of rotatable bonds is 14. The Bertz CT molecular complexity index is 1460. The molecule has 1 unspecified atom stereocenters. The van der Waals surface area contributed by atoms with Crippen LogP contribution >= 0.6 is 11.3 Å². The van der Waals surface area contributed by atoms with Crippen molar-refractivity contribution in [2.75, 3.05) is 6.61 Å². The van der Waals surface area contributed by atoms with Crippen LogP contribution in [-0.2, 0) is 32.5 Å². The first-order valence-corrected chi connectivity index (χ1v) is 16.1. The number of carboxylic acids is 1. The van der Waals surface area contributed by atoms with Crippen molar-refractivity contribution in [3.8, 4) is 11.1 Å². The van der Waals surface area contributed by atoms with Crippen molar-refractivity contribution in [1.29, 1.82) is 0 Å². The number of ether oxygens (including phenoxy) is 1. The van der Waals surface area contributed by atoms with Crippen LogP contribution in [0.25, 0.3) is 11.1 Å². The van der Waals surface area contributed by atoms with Crippen LogP contribution in [0, 0.1) is 11.8 Å². The second-order valence-electron chi connectivity index (χ2n) is 10.7. The molecule has 3 rings (SSSR count). The van der Waals surface area contributed by atoms with Gasteiger partial charge in [0.25, 0.3) is 15.9 Å². The standard InChI is InChI=1S/C30H38N2O8S2/c1-6-7-14-40-30(36)31-42(37,38)29-24(17-23(41-29)16-19(2)3)22-12-10-21(11-13-22)18-32(26(20(4)5)28(34)35)27(33)25-9-8-15-39-25/h8-13,15,17,19-20,26H,6-7,14,16,18H2,1-5H3,(H,31,36)(H,34,35). The van der Waals surface area contributed by atoms with Gasteiger partial charge in [-0.3, -0.25) is 4.79 Å². The summed E-state index contributed by atoms with van der Waals surface area (Å²) in [6.07, 6.45) is 2.40. The molecule has 3 aromatic rings. The third-order valence-electron chi connectivity index (χ3n) is 6.38. The summed E-state index contributed by atoms with van der Waals surface area (Å²) >= 11 is 1.10. The molecule has 2 N–H and O–H groups in total. The smallest absolute Gasteiger partial charge is 0.421 e. The maximum Gasteiger partial charge on any atom is 0.421 e. The van der Waals surface area contributed by atoms with Crippen molar-refractivity contribution in [2.45, 2.75) is 70.7 Å². The average molecular weight is 619 g/mol. The van der Waals surface area contributed by atoms with E-state index in [-0.39, 0.29) is 35.0 Å². The normalized spacial score (nSPS) is 12.4. The number of unbranched alkanes of at least 4 members (excludes halogenated alkanes) is 1. The highest BCUT2D eigenvalue weighted by atomic mass is 32.2. The topological polar surface area (TPSA) is 143 Å². The summed E-state index contributed by atoms with van der Waals surface area (Å²) in [5.41, 5.74) is 1.67. The van der Waals surface area contributed by atoms with Crippen molar-refractivity contribution in [3.63, 3.8) is 0 Å². The summed E-state index contributed by atoms with van der Waals surface area (Å²) in [6, 6.07) is 10.6. The van der Waals surface area contributed by atoms with Gasteiger partial charge in [0, 0.05) is 17.0 Å².